The Morgan fingerprint density at radius 3 is 2.50 bits per heavy atom. The van der Waals surface area contributed by atoms with Gasteiger partial charge >= 0.3 is 0 Å². The molecular weight excluding hydrogens is 324 g/mol. The van der Waals surface area contributed by atoms with Gasteiger partial charge in [-0.1, -0.05) is 50.6 Å². The lowest BCUT2D eigenvalue weighted by Crippen LogP contribution is -2.45. The quantitative estimate of drug-likeness (QED) is 0.784. The van der Waals surface area contributed by atoms with Crippen molar-refractivity contribution < 1.29 is 9.53 Å². The third-order valence-corrected chi connectivity index (χ3v) is 4.76. The molecule has 0 unspecified atom stereocenters. The zero-order valence-corrected chi connectivity index (χ0v) is 17.0. The van der Waals surface area contributed by atoms with Gasteiger partial charge in [0.1, 0.15) is 5.75 Å². The van der Waals surface area contributed by atoms with E-state index in [2.05, 4.69) is 57.0 Å². The van der Waals surface area contributed by atoms with Crippen molar-refractivity contribution in [2.45, 2.75) is 58.9 Å². The topological polar surface area (TPSA) is 41.6 Å². The Morgan fingerprint density at radius 1 is 1.23 bits per heavy atom. The predicted molar refractivity (Wildman–Crippen MR) is 108 cm³/mol. The molecule has 2 rings (SSSR count). The van der Waals surface area contributed by atoms with E-state index in [0.29, 0.717) is 0 Å². The molecule has 1 aromatic carbocycles. The fourth-order valence-electron chi connectivity index (χ4n) is 3.20. The second-order valence-electron chi connectivity index (χ2n) is 8.46. The first-order chi connectivity index (χ1) is 12.3. The zero-order valence-electron chi connectivity index (χ0n) is 17.0. The number of nitrogens with one attached hydrogen (secondary N) is 1. The first-order valence-electron chi connectivity index (χ1n) is 9.63. The van der Waals surface area contributed by atoms with Crippen LogP contribution < -0.4 is 10.1 Å². The summed E-state index contributed by atoms with van der Waals surface area (Å²) < 4.78 is 5.82. The summed E-state index contributed by atoms with van der Waals surface area (Å²) in [4.78, 5) is 14.7. The maximum Gasteiger partial charge on any atom is 0.258 e. The summed E-state index contributed by atoms with van der Waals surface area (Å²) in [5, 5.41) is 3.13. The molecule has 0 radical (unpaired) electrons. The van der Waals surface area contributed by atoms with E-state index >= 15 is 0 Å². The number of hydrogen-bond acceptors (Lipinski definition) is 3. The fourth-order valence-corrected chi connectivity index (χ4v) is 3.20. The van der Waals surface area contributed by atoms with Crippen LogP contribution >= 0.6 is 0 Å². The zero-order chi connectivity index (χ0) is 19.2. The highest BCUT2D eigenvalue weighted by Crippen LogP contribution is 2.30. The number of amides is 1. The van der Waals surface area contributed by atoms with Gasteiger partial charge in [-0.25, -0.2) is 0 Å². The van der Waals surface area contributed by atoms with E-state index in [1.165, 1.54) is 5.57 Å². The lowest BCUT2D eigenvalue weighted by atomic mass is 9.86. The van der Waals surface area contributed by atoms with E-state index in [0.717, 1.165) is 43.8 Å². The van der Waals surface area contributed by atoms with E-state index in [-0.39, 0.29) is 24.0 Å². The Bertz CT molecular complexity index is 619. The van der Waals surface area contributed by atoms with Crippen LogP contribution in [0.5, 0.6) is 5.75 Å². The lowest BCUT2D eigenvalue weighted by Gasteiger charge is -2.31. The molecule has 0 bridgehead atoms. The van der Waals surface area contributed by atoms with Crippen molar-refractivity contribution in [1.29, 1.82) is 0 Å². The summed E-state index contributed by atoms with van der Waals surface area (Å²) in [5.41, 5.74) is 2.47. The molecule has 144 valence electrons. The average Bonchev–Trinajstić information content (AvgIpc) is 2.59. The molecular formula is C22H34N2O2. The van der Waals surface area contributed by atoms with Crippen LogP contribution in [0, 0.1) is 0 Å². The summed E-state index contributed by atoms with van der Waals surface area (Å²) in [6.07, 6.45) is 4.27. The highest BCUT2D eigenvalue weighted by Gasteiger charge is 2.21. The van der Waals surface area contributed by atoms with Crippen molar-refractivity contribution >= 4 is 5.91 Å². The first kappa shape index (κ1) is 20.5. The van der Waals surface area contributed by atoms with Gasteiger partial charge in [-0.15, -0.1) is 0 Å². The van der Waals surface area contributed by atoms with Crippen LogP contribution in [0.3, 0.4) is 0 Å². The number of para-hydroxylation sites is 1. The number of likely N-dealkylation sites (tertiary alicyclic amines) is 1. The Hall–Kier alpha value is -1.81. The number of carbonyl (C=O) groups is 1. The maximum atomic E-state index is 12.3. The van der Waals surface area contributed by atoms with Gasteiger partial charge in [-0.2, -0.15) is 0 Å². The van der Waals surface area contributed by atoms with Crippen LogP contribution in [0.1, 0.15) is 53.0 Å². The summed E-state index contributed by atoms with van der Waals surface area (Å²) in [5.74, 6) is 0.767. The van der Waals surface area contributed by atoms with Gasteiger partial charge in [0.15, 0.2) is 6.61 Å². The number of allylic oxidation sites excluding steroid dienone is 1. The van der Waals surface area contributed by atoms with Crippen LogP contribution in [0.4, 0.5) is 0 Å². The Kier molecular flexibility index (Phi) is 7.27. The molecule has 0 saturated carbocycles. The second-order valence-corrected chi connectivity index (χ2v) is 8.46. The molecule has 0 aromatic heterocycles. The second kappa shape index (κ2) is 9.22. The minimum Gasteiger partial charge on any atom is -0.483 e. The Morgan fingerprint density at radius 2 is 1.88 bits per heavy atom. The van der Waals surface area contributed by atoms with Crippen molar-refractivity contribution in [2.75, 3.05) is 26.2 Å². The largest absolute Gasteiger partial charge is 0.483 e. The molecule has 1 amide bonds. The maximum absolute atomic E-state index is 12.3. The summed E-state index contributed by atoms with van der Waals surface area (Å²) >= 11 is 0. The fraction of sp³-hybridized carbons (Fsp3) is 0.591. The number of piperidine rings is 1. The molecule has 0 spiro atoms. The average molecular weight is 359 g/mol. The van der Waals surface area contributed by atoms with Crippen LogP contribution in [0.15, 0.2) is 35.9 Å². The third-order valence-electron chi connectivity index (χ3n) is 4.76. The van der Waals surface area contributed by atoms with Crippen molar-refractivity contribution in [1.82, 2.24) is 10.2 Å². The van der Waals surface area contributed by atoms with Crippen LogP contribution in [0.2, 0.25) is 0 Å². The number of rotatable bonds is 6. The number of ether oxygens (including phenoxy) is 1. The number of carbonyl (C=O) groups excluding carboxylic acids is 1. The number of hydrogen-bond donors (Lipinski definition) is 1. The smallest absolute Gasteiger partial charge is 0.258 e. The van der Waals surface area contributed by atoms with Gasteiger partial charge in [0.05, 0.1) is 0 Å². The van der Waals surface area contributed by atoms with Gasteiger partial charge < -0.3 is 10.1 Å². The normalized spacial score (nSPS) is 16.2. The molecule has 1 aliphatic heterocycles. The molecule has 1 heterocycles. The molecule has 1 fully saturated rings. The molecule has 1 aliphatic rings. The van der Waals surface area contributed by atoms with Crippen molar-refractivity contribution in [2.24, 2.45) is 0 Å². The Balaban J connectivity index is 1.78. The standard InChI is InChI=1S/C22H34N2O2/c1-17(2)10-13-24-14-11-18(12-15-24)23-21(25)16-26-20-9-7-6-8-19(20)22(3,4)5/h6-10,18H,11-16H2,1-5H3,(H,23,25). The number of nitrogens with zero attached hydrogens (tertiary/aromatic N) is 1. The van der Waals surface area contributed by atoms with Crippen molar-refractivity contribution in [3.63, 3.8) is 0 Å². The molecule has 4 nitrogen and oxygen atoms in total. The van der Waals surface area contributed by atoms with Gasteiger partial charge in [0, 0.05) is 25.7 Å². The van der Waals surface area contributed by atoms with Crippen molar-refractivity contribution in [3.8, 4) is 5.75 Å². The Labute approximate surface area is 158 Å². The van der Waals surface area contributed by atoms with Crippen molar-refractivity contribution in [3.05, 3.63) is 41.5 Å². The van der Waals surface area contributed by atoms with E-state index in [9.17, 15) is 4.79 Å². The van der Waals surface area contributed by atoms with Gasteiger partial charge in [0.2, 0.25) is 0 Å². The molecule has 4 heteroatoms. The number of benzene rings is 1. The highest BCUT2D eigenvalue weighted by molar-refractivity contribution is 5.77. The van der Waals surface area contributed by atoms with Gasteiger partial charge in [-0.05, 0) is 43.7 Å². The third kappa shape index (κ3) is 6.49. The van der Waals surface area contributed by atoms with E-state index in [1.807, 2.05) is 18.2 Å². The minimum absolute atomic E-state index is 0.00874. The van der Waals surface area contributed by atoms with Crippen LogP contribution in [0.25, 0.3) is 0 Å². The molecule has 1 N–H and O–H groups in total. The van der Waals surface area contributed by atoms with Gasteiger partial charge in [0.25, 0.3) is 5.91 Å². The first-order valence-corrected chi connectivity index (χ1v) is 9.63. The lowest BCUT2D eigenvalue weighted by molar-refractivity contribution is -0.124. The minimum atomic E-state index is -0.0311. The van der Waals surface area contributed by atoms with E-state index < -0.39 is 0 Å². The van der Waals surface area contributed by atoms with Crippen LogP contribution in [-0.4, -0.2) is 43.1 Å². The molecule has 26 heavy (non-hydrogen) atoms. The predicted octanol–water partition coefficient (Wildman–Crippen LogP) is 3.91. The summed E-state index contributed by atoms with van der Waals surface area (Å²) in [6.45, 7) is 13.9. The van der Waals surface area contributed by atoms with Crippen LogP contribution in [-0.2, 0) is 10.2 Å². The van der Waals surface area contributed by atoms with Gasteiger partial charge in [-0.3, -0.25) is 9.69 Å². The highest BCUT2D eigenvalue weighted by atomic mass is 16.5. The summed E-state index contributed by atoms with van der Waals surface area (Å²) in [6, 6.07) is 8.22. The molecule has 0 aliphatic carbocycles. The summed E-state index contributed by atoms with van der Waals surface area (Å²) in [7, 11) is 0. The molecule has 0 atom stereocenters. The van der Waals surface area contributed by atoms with E-state index in [4.69, 9.17) is 4.74 Å². The SMILES string of the molecule is CC(C)=CCN1CCC(NC(=O)COc2ccccc2C(C)(C)C)CC1. The van der Waals surface area contributed by atoms with E-state index in [1.54, 1.807) is 0 Å². The molecule has 1 aromatic rings. The molecule has 1 saturated heterocycles. The monoisotopic (exact) mass is 358 g/mol.